The highest BCUT2D eigenvalue weighted by molar-refractivity contribution is 5.93. The molecular formula is C22H29N2O2+. The Hall–Kier alpha value is -2.33. The predicted octanol–water partition coefficient (Wildman–Crippen LogP) is 4.15. The number of nitrogens with zero attached hydrogens (tertiary/aromatic N) is 1. The zero-order chi connectivity index (χ0) is 18.6. The van der Waals surface area contributed by atoms with E-state index < -0.39 is 0 Å². The van der Waals surface area contributed by atoms with E-state index in [4.69, 9.17) is 0 Å². The molecule has 1 aliphatic rings. The predicted molar refractivity (Wildman–Crippen MR) is 105 cm³/mol. The SMILES string of the molecule is Cc1cc(O)cc(C)c1NC(=O)C[N+]1(Cc2ccccc2)CCCCC1. The minimum absolute atomic E-state index is 0.0553. The van der Waals surface area contributed by atoms with E-state index >= 15 is 0 Å². The molecule has 3 rings (SSSR count). The number of carbonyl (C=O) groups excluding carboxylic acids is 1. The number of benzene rings is 2. The summed E-state index contributed by atoms with van der Waals surface area (Å²) in [5.41, 5.74) is 3.90. The van der Waals surface area contributed by atoms with Gasteiger partial charge in [-0.15, -0.1) is 0 Å². The average molecular weight is 353 g/mol. The molecular weight excluding hydrogens is 324 g/mol. The van der Waals surface area contributed by atoms with Crippen LogP contribution in [-0.2, 0) is 11.3 Å². The maximum absolute atomic E-state index is 12.9. The van der Waals surface area contributed by atoms with Gasteiger partial charge in [0, 0.05) is 11.3 Å². The molecule has 138 valence electrons. The summed E-state index contributed by atoms with van der Waals surface area (Å²) in [5.74, 6) is 0.293. The van der Waals surface area contributed by atoms with Crippen LogP contribution in [0.2, 0.25) is 0 Å². The molecule has 1 heterocycles. The zero-order valence-electron chi connectivity index (χ0n) is 15.8. The van der Waals surface area contributed by atoms with Crippen molar-refractivity contribution in [1.82, 2.24) is 0 Å². The van der Waals surface area contributed by atoms with Crippen molar-refractivity contribution in [1.29, 1.82) is 0 Å². The van der Waals surface area contributed by atoms with Gasteiger partial charge in [-0.05, 0) is 56.4 Å². The number of hydrogen-bond donors (Lipinski definition) is 2. The smallest absolute Gasteiger partial charge is 0.279 e. The summed E-state index contributed by atoms with van der Waals surface area (Å²) in [6.45, 7) is 7.33. The molecule has 1 fully saturated rings. The van der Waals surface area contributed by atoms with Crippen LogP contribution in [0.4, 0.5) is 5.69 Å². The number of aryl methyl sites for hydroxylation is 2. The molecule has 0 aromatic heterocycles. The van der Waals surface area contributed by atoms with Crippen molar-refractivity contribution >= 4 is 11.6 Å². The van der Waals surface area contributed by atoms with Gasteiger partial charge in [0.2, 0.25) is 0 Å². The van der Waals surface area contributed by atoms with Gasteiger partial charge in [0.05, 0.1) is 13.1 Å². The van der Waals surface area contributed by atoms with E-state index in [1.807, 2.05) is 19.9 Å². The molecule has 0 aliphatic carbocycles. The second kappa shape index (κ2) is 7.92. The lowest BCUT2D eigenvalue weighted by molar-refractivity contribution is -0.937. The van der Waals surface area contributed by atoms with Crippen molar-refractivity contribution in [3.63, 3.8) is 0 Å². The molecule has 1 saturated heterocycles. The molecule has 26 heavy (non-hydrogen) atoms. The molecule has 1 aliphatic heterocycles. The Morgan fingerprint density at radius 1 is 1.04 bits per heavy atom. The quantitative estimate of drug-likeness (QED) is 0.627. The van der Waals surface area contributed by atoms with E-state index in [0.717, 1.165) is 40.9 Å². The Morgan fingerprint density at radius 2 is 1.65 bits per heavy atom. The van der Waals surface area contributed by atoms with Crippen LogP contribution in [0.5, 0.6) is 5.75 Å². The number of nitrogens with one attached hydrogen (secondary N) is 1. The fraction of sp³-hybridized carbons (Fsp3) is 0.409. The summed E-state index contributed by atoms with van der Waals surface area (Å²) < 4.78 is 0.825. The number of hydrogen-bond acceptors (Lipinski definition) is 2. The van der Waals surface area contributed by atoms with Crippen molar-refractivity contribution in [2.45, 2.75) is 39.7 Å². The topological polar surface area (TPSA) is 49.3 Å². The van der Waals surface area contributed by atoms with Gasteiger partial charge in [0.15, 0.2) is 6.54 Å². The Kier molecular flexibility index (Phi) is 5.62. The summed E-state index contributed by atoms with van der Waals surface area (Å²) in [4.78, 5) is 12.9. The van der Waals surface area contributed by atoms with Gasteiger partial charge in [-0.25, -0.2) is 0 Å². The van der Waals surface area contributed by atoms with Crippen LogP contribution in [-0.4, -0.2) is 35.1 Å². The summed E-state index contributed by atoms with van der Waals surface area (Å²) in [5, 5.41) is 12.8. The van der Waals surface area contributed by atoms with Gasteiger partial charge in [-0.3, -0.25) is 4.79 Å². The third-order valence-electron chi connectivity index (χ3n) is 5.39. The molecule has 0 spiro atoms. The number of anilines is 1. The molecule has 0 atom stereocenters. The van der Waals surface area contributed by atoms with Crippen LogP contribution in [0, 0.1) is 13.8 Å². The van der Waals surface area contributed by atoms with E-state index in [0.29, 0.717) is 6.54 Å². The first-order valence-electron chi connectivity index (χ1n) is 9.47. The maximum Gasteiger partial charge on any atom is 0.279 e. The average Bonchev–Trinajstić information content (AvgIpc) is 2.59. The molecule has 1 amide bonds. The number of amides is 1. The van der Waals surface area contributed by atoms with E-state index in [1.54, 1.807) is 12.1 Å². The number of phenolic OH excluding ortho intramolecular Hbond substituents is 1. The third kappa shape index (κ3) is 4.44. The first-order chi connectivity index (χ1) is 12.5. The normalized spacial score (nSPS) is 16.2. The second-order valence-electron chi connectivity index (χ2n) is 7.65. The van der Waals surface area contributed by atoms with Gasteiger partial charge < -0.3 is 14.9 Å². The number of carbonyl (C=O) groups is 1. The van der Waals surface area contributed by atoms with Crippen LogP contribution in [0.15, 0.2) is 42.5 Å². The van der Waals surface area contributed by atoms with Crippen molar-refractivity contribution in [2.24, 2.45) is 0 Å². The molecule has 4 heteroatoms. The molecule has 2 aromatic rings. The number of aromatic hydroxyl groups is 1. The molecule has 0 unspecified atom stereocenters. The summed E-state index contributed by atoms with van der Waals surface area (Å²) in [6.07, 6.45) is 3.61. The largest absolute Gasteiger partial charge is 0.508 e. The van der Waals surface area contributed by atoms with Crippen LogP contribution >= 0.6 is 0 Å². The van der Waals surface area contributed by atoms with Gasteiger partial charge in [-0.2, -0.15) is 0 Å². The summed E-state index contributed by atoms with van der Waals surface area (Å²) in [6, 6.07) is 13.9. The number of quaternary nitrogens is 1. The zero-order valence-corrected chi connectivity index (χ0v) is 15.8. The van der Waals surface area contributed by atoms with Gasteiger partial charge in [0.1, 0.15) is 12.3 Å². The van der Waals surface area contributed by atoms with Crippen molar-refractivity contribution in [2.75, 3.05) is 25.0 Å². The van der Waals surface area contributed by atoms with Gasteiger partial charge in [-0.1, -0.05) is 30.3 Å². The van der Waals surface area contributed by atoms with Crippen molar-refractivity contribution in [3.05, 3.63) is 59.2 Å². The number of piperidine rings is 1. The van der Waals surface area contributed by atoms with E-state index in [1.165, 1.54) is 24.8 Å². The van der Waals surface area contributed by atoms with Crippen LogP contribution in [0.25, 0.3) is 0 Å². The van der Waals surface area contributed by atoms with Gasteiger partial charge >= 0.3 is 0 Å². The van der Waals surface area contributed by atoms with E-state index in [2.05, 4.69) is 29.6 Å². The number of likely N-dealkylation sites (tertiary alicyclic amines) is 1. The summed E-state index contributed by atoms with van der Waals surface area (Å²) >= 11 is 0. The van der Waals surface area contributed by atoms with Crippen molar-refractivity contribution in [3.8, 4) is 5.75 Å². The Morgan fingerprint density at radius 3 is 2.27 bits per heavy atom. The fourth-order valence-corrected chi connectivity index (χ4v) is 4.15. The van der Waals surface area contributed by atoms with E-state index in [-0.39, 0.29) is 11.7 Å². The first kappa shape index (κ1) is 18.5. The second-order valence-corrected chi connectivity index (χ2v) is 7.65. The van der Waals surface area contributed by atoms with Gasteiger partial charge in [0.25, 0.3) is 5.91 Å². The molecule has 0 saturated carbocycles. The lowest BCUT2D eigenvalue weighted by Crippen LogP contribution is -2.54. The lowest BCUT2D eigenvalue weighted by Gasteiger charge is -2.41. The monoisotopic (exact) mass is 353 g/mol. The van der Waals surface area contributed by atoms with Crippen LogP contribution < -0.4 is 5.32 Å². The Labute approximate surface area is 156 Å². The number of rotatable bonds is 5. The minimum Gasteiger partial charge on any atom is -0.508 e. The highest BCUT2D eigenvalue weighted by Crippen LogP contribution is 2.27. The lowest BCUT2D eigenvalue weighted by atomic mass is 10.0. The van der Waals surface area contributed by atoms with Crippen LogP contribution in [0.3, 0.4) is 0 Å². The van der Waals surface area contributed by atoms with Crippen LogP contribution in [0.1, 0.15) is 36.0 Å². The highest BCUT2D eigenvalue weighted by atomic mass is 16.3. The molecule has 4 nitrogen and oxygen atoms in total. The molecule has 2 N–H and O–H groups in total. The molecule has 2 aromatic carbocycles. The molecule has 0 radical (unpaired) electrons. The Bertz CT molecular complexity index is 742. The van der Waals surface area contributed by atoms with E-state index in [9.17, 15) is 9.90 Å². The van der Waals surface area contributed by atoms with Crippen molar-refractivity contribution < 1.29 is 14.4 Å². The highest BCUT2D eigenvalue weighted by Gasteiger charge is 2.33. The third-order valence-corrected chi connectivity index (χ3v) is 5.39. The maximum atomic E-state index is 12.9. The first-order valence-corrected chi connectivity index (χ1v) is 9.47. The minimum atomic E-state index is 0.0553. The fourth-order valence-electron chi connectivity index (χ4n) is 4.15. The summed E-state index contributed by atoms with van der Waals surface area (Å²) in [7, 11) is 0. The molecule has 0 bridgehead atoms. The Balaban J connectivity index is 1.76. The standard InChI is InChI=1S/C22H28N2O2/c1-17-13-20(25)14-18(2)22(17)23-21(26)16-24(11-7-4-8-12-24)15-19-9-5-3-6-10-19/h3,5-6,9-10,13-14H,4,7-8,11-12,15-16H2,1-2H3,(H-,23,25,26)/p+1. The number of phenols is 1.